The van der Waals surface area contributed by atoms with Crippen LogP contribution in [0.1, 0.15) is 5.56 Å². The molecule has 0 spiro atoms. The molecule has 4 rings (SSSR count). The van der Waals surface area contributed by atoms with Gasteiger partial charge in [-0.2, -0.15) is 30.7 Å². The Morgan fingerprint density at radius 2 is 1.51 bits per heavy atom. The molecule has 0 fully saturated rings. The summed E-state index contributed by atoms with van der Waals surface area (Å²) < 4.78 is 101. The molecule has 1 aromatic heterocycles. The van der Waals surface area contributed by atoms with E-state index in [-0.39, 0.29) is 29.4 Å². The molecular weight excluding hydrogens is 533 g/mol. The van der Waals surface area contributed by atoms with Crippen LogP contribution in [0.3, 0.4) is 0 Å². The van der Waals surface area contributed by atoms with E-state index in [2.05, 4.69) is 9.72 Å². The van der Waals surface area contributed by atoms with Crippen LogP contribution in [0, 0.1) is 0 Å². The summed E-state index contributed by atoms with van der Waals surface area (Å²) in [6.07, 6.45) is -14.9. The second kappa shape index (κ2) is 11.4. The molecule has 39 heavy (non-hydrogen) atoms. The molecule has 1 atom stereocenters. The van der Waals surface area contributed by atoms with Crippen molar-refractivity contribution in [3.8, 4) is 17.4 Å². The van der Waals surface area contributed by atoms with Crippen molar-refractivity contribution in [1.29, 1.82) is 0 Å². The number of halogens is 7. The molecule has 0 amide bonds. The van der Waals surface area contributed by atoms with Gasteiger partial charge in [-0.15, -0.1) is 0 Å². The van der Waals surface area contributed by atoms with Gasteiger partial charge in [0.05, 0.1) is 6.54 Å². The molecule has 1 N–H and O–H groups in total. The number of hydrogen-bond acceptors (Lipinski definition) is 5. The monoisotopic (exact) mass is 554 g/mol. The van der Waals surface area contributed by atoms with Crippen LogP contribution in [-0.2, 0) is 6.54 Å². The minimum atomic E-state index is -4.94. The molecule has 0 saturated carbocycles. The first kappa shape index (κ1) is 28.0. The summed E-state index contributed by atoms with van der Waals surface area (Å²) in [4.78, 5) is 5.37. The maximum absolute atomic E-state index is 13.3. The van der Waals surface area contributed by atoms with Crippen molar-refractivity contribution >= 4 is 16.5 Å². The Kier molecular flexibility index (Phi) is 8.14. The summed E-state index contributed by atoms with van der Waals surface area (Å²) in [6.45, 7) is -1.23. The highest BCUT2D eigenvalue weighted by Crippen LogP contribution is 2.31. The molecule has 3 aromatic carbocycles. The van der Waals surface area contributed by atoms with Gasteiger partial charge >= 0.3 is 18.7 Å². The highest BCUT2D eigenvalue weighted by molar-refractivity contribution is 5.82. The van der Waals surface area contributed by atoms with E-state index in [1.54, 1.807) is 18.3 Å². The van der Waals surface area contributed by atoms with E-state index in [4.69, 9.17) is 4.74 Å². The molecule has 4 aromatic rings. The highest BCUT2D eigenvalue weighted by Gasteiger charge is 2.44. The fourth-order valence-electron chi connectivity index (χ4n) is 3.69. The van der Waals surface area contributed by atoms with Gasteiger partial charge in [-0.1, -0.05) is 42.5 Å². The maximum atomic E-state index is 13.3. The Labute approximate surface area is 218 Å². The first-order valence-electron chi connectivity index (χ1n) is 11.5. The minimum absolute atomic E-state index is 0.162. The summed E-state index contributed by atoms with van der Waals surface area (Å²) in [7, 11) is 0. The number of hydrogen-bond donors (Lipinski definition) is 1. The van der Waals surface area contributed by atoms with Crippen molar-refractivity contribution < 1.29 is 45.3 Å². The number of nitrogens with zero attached hydrogens (tertiary/aromatic N) is 2. The second-order valence-electron chi connectivity index (χ2n) is 8.52. The Bertz CT molecular complexity index is 1420. The van der Waals surface area contributed by atoms with Crippen LogP contribution < -0.4 is 14.4 Å². The van der Waals surface area contributed by atoms with Gasteiger partial charge in [0.2, 0.25) is 5.88 Å². The number of ether oxygens (including phenoxy) is 2. The summed E-state index contributed by atoms with van der Waals surface area (Å²) in [5.41, 5.74) is 0.357. The SMILES string of the molecule is OC(CN(Cc1cccc(OC(F)(F)C(F)F)c1)c1cccc(Oc2cc3ccccc3cn2)c1)C(F)(F)F. The number of aliphatic hydroxyl groups excluding tert-OH is 1. The van der Waals surface area contributed by atoms with Crippen molar-refractivity contribution in [3.63, 3.8) is 0 Å². The van der Waals surface area contributed by atoms with E-state index in [1.807, 2.05) is 24.3 Å². The zero-order chi connectivity index (χ0) is 28.2. The smallest absolute Gasteiger partial charge is 0.439 e. The summed E-state index contributed by atoms with van der Waals surface area (Å²) >= 11 is 0. The third-order valence-corrected chi connectivity index (χ3v) is 5.56. The Hall–Kier alpha value is -4.06. The van der Waals surface area contributed by atoms with E-state index < -0.39 is 37.1 Å². The Balaban J connectivity index is 1.60. The van der Waals surface area contributed by atoms with Crippen LogP contribution in [0.2, 0.25) is 0 Å². The van der Waals surface area contributed by atoms with Gasteiger partial charge in [-0.05, 0) is 35.2 Å². The molecule has 0 bridgehead atoms. The van der Waals surface area contributed by atoms with E-state index >= 15 is 0 Å². The van der Waals surface area contributed by atoms with E-state index in [0.29, 0.717) is 0 Å². The second-order valence-corrected chi connectivity index (χ2v) is 8.52. The van der Waals surface area contributed by atoms with Crippen LogP contribution >= 0.6 is 0 Å². The number of benzene rings is 3. The van der Waals surface area contributed by atoms with E-state index in [1.165, 1.54) is 30.3 Å². The molecule has 1 heterocycles. The lowest BCUT2D eigenvalue weighted by Crippen LogP contribution is -2.40. The van der Waals surface area contributed by atoms with Gasteiger partial charge < -0.3 is 19.5 Å². The lowest BCUT2D eigenvalue weighted by Gasteiger charge is -2.29. The molecule has 0 aliphatic carbocycles. The molecule has 0 aliphatic heterocycles. The molecule has 5 nitrogen and oxygen atoms in total. The number of rotatable bonds is 10. The van der Waals surface area contributed by atoms with Crippen LogP contribution in [0.25, 0.3) is 10.8 Å². The quantitative estimate of drug-likeness (QED) is 0.210. The molecule has 0 radical (unpaired) electrons. The molecule has 0 saturated heterocycles. The van der Waals surface area contributed by atoms with Crippen molar-refractivity contribution in [3.05, 3.63) is 90.6 Å². The third-order valence-electron chi connectivity index (χ3n) is 5.56. The van der Waals surface area contributed by atoms with Crippen LogP contribution in [-0.4, -0.2) is 41.4 Å². The standard InChI is InChI=1S/C27H21F7N2O3/c28-25(29)27(33,34)39-22-10-3-5-17(11-22)15-36(16-23(37)26(30,31)32)20-8-4-9-21(13-20)38-24-12-18-6-1-2-7-19(18)14-35-24/h1-14,23,25,37H,15-16H2. The number of aromatic nitrogens is 1. The van der Waals surface area contributed by atoms with Gasteiger partial charge in [0.15, 0.2) is 6.10 Å². The Morgan fingerprint density at radius 1 is 0.821 bits per heavy atom. The lowest BCUT2D eigenvalue weighted by atomic mass is 10.1. The van der Waals surface area contributed by atoms with Crippen molar-refractivity contribution in [2.45, 2.75) is 31.4 Å². The molecule has 1 unspecified atom stereocenters. The fraction of sp³-hybridized carbons (Fsp3) is 0.222. The topological polar surface area (TPSA) is 54.8 Å². The number of aliphatic hydroxyl groups is 1. The van der Waals surface area contributed by atoms with Gasteiger partial charge in [0.25, 0.3) is 0 Å². The summed E-state index contributed by atoms with van der Waals surface area (Å²) in [6, 6.07) is 19.7. The minimum Gasteiger partial charge on any atom is -0.439 e. The van der Waals surface area contributed by atoms with Crippen LogP contribution in [0.4, 0.5) is 36.4 Å². The average molecular weight is 554 g/mol. The largest absolute Gasteiger partial charge is 0.461 e. The third kappa shape index (κ3) is 7.29. The van der Waals surface area contributed by atoms with E-state index in [0.717, 1.165) is 27.8 Å². The molecule has 12 heteroatoms. The van der Waals surface area contributed by atoms with Gasteiger partial charge in [0, 0.05) is 35.9 Å². The fourth-order valence-corrected chi connectivity index (χ4v) is 3.69. The number of fused-ring (bicyclic) bond motifs is 1. The molecular formula is C27H21F7N2O3. The lowest BCUT2D eigenvalue weighted by molar-refractivity contribution is -0.253. The Morgan fingerprint density at radius 3 is 2.23 bits per heavy atom. The zero-order valence-corrected chi connectivity index (χ0v) is 20.0. The van der Waals surface area contributed by atoms with Crippen LogP contribution in [0.5, 0.6) is 17.4 Å². The van der Waals surface area contributed by atoms with Crippen molar-refractivity contribution in [2.75, 3.05) is 11.4 Å². The maximum Gasteiger partial charge on any atom is 0.461 e. The normalized spacial score (nSPS) is 12.9. The molecule has 0 aliphatic rings. The van der Waals surface area contributed by atoms with Crippen molar-refractivity contribution in [2.24, 2.45) is 0 Å². The van der Waals surface area contributed by atoms with Gasteiger partial charge in [-0.3, -0.25) is 0 Å². The number of pyridine rings is 1. The zero-order valence-electron chi connectivity index (χ0n) is 20.0. The number of anilines is 1. The van der Waals surface area contributed by atoms with Crippen molar-refractivity contribution in [1.82, 2.24) is 4.98 Å². The first-order chi connectivity index (χ1) is 18.4. The predicted molar refractivity (Wildman–Crippen MR) is 129 cm³/mol. The van der Waals surface area contributed by atoms with Crippen LogP contribution in [0.15, 0.2) is 85.1 Å². The highest BCUT2D eigenvalue weighted by atomic mass is 19.4. The summed E-state index contributed by atoms with van der Waals surface area (Å²) in [5, 5.41) is 11.5. The number of alkyl halides is 7. The predicted octanol–water partition coefficient (Wildman–Crippen LogP) is 7.19. The summed E-state index contributed by atoms with van der Waals surface area (Å²) in [5.74, 6) is -0.137. The van der Waals surface area contributed by atoms with Gasteiger partial charge in [-0.25, -0.2) is 4.98 Å². The first-order valence-corrected chi connectivity index (χ1v) is 11.5. The van der Waals surface area contributed by atoms with Gasteiger partial charge in [0.1, 0.15) is 11.5 Å². The van der Waals surface area contributed by atoms with E-state index in [9.17, 15) is 35.8 Å². The molecule has 206 valence electrons. The average Bonchev–Trinajstić information content (AvgIpc) is 2.87.